The Morgan fingerprint density at radius 2 is 1.74 bits per heavy atom. The molecule has 0 heterocycles. The summed E-state index contributed by atoms with van der Waals surface area (Å²) < 4.78 is 24.9. The minimum absolute atomic E-state index is 0.134. The van der Waals surface area contributed by atoms with Gasteiger partial charge in [0.05, 0.1) is 22.5 Å². The van der Waals surface area contributed by atoms with E-state index >= 15 is 0 Å². The predicted molar refractivity (Wildman–Crippen MR) is 81.1 cm³/mol. The van der Waals surface area contributed by atoms with E-state index in [1.807, 2.05) is 13.8 Å². The summed E-state index contributed by atoms with van der Waals surface area (Å²) in [7, 11) is -3.39. The van der Waals surface area contributed by atoms with E-state index in [1.54, 1.807) is 24.3 Å². The number of hydrogen-bond donors (Lipinski definition) is 2. The Hall–Kier alpha value is -1.08. The van der Waals surface area contributed by atoms with Crippen LogP contribution in [0.5, 0.6) is 0 Å². The predicted octanol–water partition coefficient (Wildman–Crippen LogP) is 2.42. The average molecular weight is 349 g/mol. The highest BCUT2D eigenvalue weighted by atomic mass is 79.9. The zero-order valence-electron chi connectivity index (χ0n) is 11.0. The Bertz CT molecular complexity index is 558. The SMILES string of the molecule is CC(C)C(Br)C(=O)Nc1ccccc1NS(C)(=O)=O. The summed E-state index contributed by atoms with van der Waals surface area (Å²) >= 11 is 3.30. The third-order valence-corrected chi connectivity index (χ3v) is 4.38. The van der Waals surface area contributed by atoms with E-state index in [0.717, 1.165) is 6.26 Å². The first-order valence-electron chi connectivity index (χ1n) is 5.72. The van der Waals surface area contributed by atoms with Gasteiger partial charge >= 0.3 is 0 Å². The molecule has 7 heteroatoms. The molecule has 1 amide bonds. The Kier molecular flexibility index (Phi) is 5.37. The number of benzene rings is 1. The lowest BCUT2D eigenvalue weighted by Gasteiger charge is -2.16. The van der Waals surface area contributed by atoms with Crippen LogP contribution < -0.4 is 10.0 Å². The summed E-state index contributed by atoms with van der Waals surface area (Å²) in [5.74, 6) is -0.0761. The third kappa shape index (κ3) is 5.20. The van der Waals surface area contributed by atoms with Crippen molar-refractivity contribution in [2.24, 2.45) is 5.92 Å². The number of hydrogen-bond acceptors (Lipinski definition) is 3. The average Bonchev–Trinajstić information content (AvgIpc) is 2.28. The van der Waals surface area contributed by atoms with Gasteiger partial charge in [0.15, 0.2) is 0 Å². The van der Waals surface area contributed by atoms with Gasteiger partial charge in [-0.25, -0.2) is 8.42 Å². The van der Waals surface area contributed by atoms with E-state index in [1.165, 1.54) is 0 Å². The molecule has 0 saturated heterocycles. The lowest BCUT2D eigenvalue weighted by atomic mass is 10.1. The van der Waals surface area contributed by atoms with Crippen molar-refractivity contribution in [2.45, 2.75) is 18.7 Å². The number of nitrogens with one attached hydrogen (secondary N) is 2. The first kappa shape index (κ1) is 16.0. The Morgan fingerprint density at radius 1 is 1.21 bits per heavy atom. The second-order valence-electron chi connectivity index (χ2n) is 4.55. The van der Waals surface area contributed by atoms with Crippen molar-refractivity contribution >= 4 is 43.2 Å². The van der Waals surface area contributed by atoms with Crippen molar-refractivity contribution in [1.82, 2.24) is 0 Å². The molecule has 2 N–H and O–H groups in total. The molecular formula is C12H17BrN2O3S. The van der Waals surface area contributed by atoms with Crippen LogP contribution in [0.25, 0.3) is 0 Å². The van der Waals surface area contributed by atoms with Crippen molar-refractivity contribution in [3.63, 3.8) is 0 Å². The number of anilines is 2. The summed E-state index contributed by atoms with van der Waals surface area (Å²) in [5, 5.41) is 2.70. The van der Waals surface area contributed by atoms with Crippen LogP contribution in [-0.2, 0) is 14.8 Å². The van der Waals surface area contributed by atoms with Crippen LogP contribution in [0.3, 0.4) is 0 Å². The number of amides is 1. The largest absolute Gasteiger partial charge is 0.323 e. The number of alkyl halides is 1. The van der Waals surface area contributed by atoms with Crippen LogP contribution in [0.4, 0.5) is 11.4 Å². The van der Waals surface area contributed by atoms with Gasteiger partial charge < -0.3 is 5.32 Å². The maximum Gasteiger partial charge on any atom is 0.238 e. The minimum atomic E-state index is -3.39. The highest BCUT2D eigenvalue weighted by Crippen LogP contribution is 2.23. The zero-order valence-corrected chi connectivity index (χ0v) is 13.4. The molecular weight excluding hydrogens is 332 g/mol. The first-order valence-corrected chi connectivity index (χ1v) is 8.53. The standard InChI is InChI=1S/C12H17BrN2O3S/c1-8(2)11(13)12(16)14-9-6-4-5-7-10(9)15-19(3,17)18/h4-8,11,15H,1-3H3,(H,14,16). The Morgan fingerprint density at radius 3 is 2.21 bits per heavy atom. The molecule has 0 saturated carbocycles. The van der Waals surface area contributed by atoms with Crippen molar-refractivity contribution in [3.8, 4) is 0 Å². The van der Waals surface area contributed by atoms with Gasteiger partial charge in [-0.05, 0) is 18.1 Å². The molecule has 1 unspecified atom stereocenters. The van der Waals surface area contributed by atoms with E-state index in [4.69, 9.17) is 0 Å². The van der Waals surface area contributed by atoms with E-state index in [9.17, 15) is 13.2 Å². The second-order valence-corrected chi connectivity index (χ2v) is 7.29. The number of sulfonamides is 1. The molecule has 0 radical (unpaired) electrons. The van der Waals surface area contributed by atoms with E-state index in [0.29, 0.717) is 11.4 Å². The molecule has 5 nitrogen and oxygen atoms in total. The monoisotopic (exact) mass is 348 g/mol. The van der Waals surface area contributed by atoms with E-state index < -0.39 is 10.0 Å². The van der Waals surface area contributed by atoms with Crippen LogP contribution in [-0.4, -0.2) is 25.4 Å². The van der Waals surface area contributed by atoms with Crippen LogP contribution in [0.1, 0.15) is 13.8 Å². The summed E-state index contributed by atoms with van der Waals surface area (Å²) in [6.45, 7) is 3.83. The second kappa shape index (κ2) is 6.38. The molecule has 1 atom stereocenters. The number of carbonyl (C=O) groups excluding carboxylic acids is 1. The van der Waals surface area contributed by atoms with Crippen LogP contribution >= 0.6 is 15.9 Å². The molecule has 106 valence electrons. The lowest BCUT2D eigenvalue weighted by Crippen LogP contribution is -2.27. The molecule has 0 spiro atoms. The fourth-order valence-electron chi connectivity index (χ4n) is 1.39. The molecule has 0 aliphatic heterocycles. The lowest BCUT2D eigenvalue weighted by molar-refractivity contribution is -0.116. The number of carbonyl (C=O) groups is 1. The Balaban J connectivity index is 2.93. The van der Waals surface area contributed by atoms with Gasteiger partial charge in [0.1, 0.15) is 0 Å². The number of para-hydroxylation sites is 2. The van der Waals surface area contributed by atoms with Gasteiger partial charge in [-0.1, -0.05) is 41.9 Å². The van der Waals surface area contributed by atoms with E-state index in [2.05, 4.69) is 26.0 Å². The molecule has 0 fully saturated rings. The molecule has 0 aromatic heterocycles. The molecule has 19 heavy (non-hydrogen) atoms. The topological polar surface area (TPSA) is 75.3 Å². The number of halogens is 1. The third-order valence-electron chi connectivity index (χ3n) is 2.32. The van der Waals surface area contributed by atoms with Crippen LogP contribution in [0.2, 0.25) is 0 Å². The van der Waals surface area contributed by atoms with Gasteiger partial charge in [-0.3, -0.25) is 9.52 Å². The zero-order chi connectivity index (χ0) is 14.6. The van der Waals surface area contributed by atoms with Crippen LogP contribution in [0.15, 0.2) is 24.3 Å². The van der Waals surface area contributed by atoms with Crippen molar-refractivity contribution < 1.29 is 13.2 Å². The first-order chi connectivity index (χ1) is 8.70. The smallest absolute Gasteiger partial charge is 0.238 e. The summed E-state index contributed by atoms with van der Waals surface area (Å²) in [5.41, 5.74) is 0.782. The summed E-state index contributed by atoms with van der Waals surface area (Å²) in [4.78, 5) is 11.6. The van der Waals surface area contributed by atoms with Gasteiger partial charge in [0.2, 0.25) is 15.9 Å². The molecule has 0 aliphatic carbocycles. The molecule has 0 bridgehead atoms. The van der Waals surface area contributed by atoms with Gasteiger partial charge in [-0.2, -0.15) is 0 Å². The van der Waals surface area contributed by atoms with Gasteiger partial charge in [0.25, 0.3) is 0 Å². The van der Waals surface area contributed by atoms with Gasteiger partial charge in [0, 0.05) is 0 Å². The van der Waals surface area contributed by atoms with E-state index in [-0.39, 0.29) is 16.7 Å². The van der Waals surface area contributed by atoms with Crippen LogP contribution in [0, 0.1) is 5.92 Å². The summed E-state index contributed by atoms with van der Waals surface area (Å²) in [6.07, 6.45) is 1.06. The highest BCUT2D eigenvalue weighted by Gasteiger charge is 2.19. The highest BCUT2D eigenvalue weighted by molar-refractivity contribution is 9.10. The number of rotatable bonds is 5. The normalized spacial score (nSPS) is 13.1. The van der Waals surface area contributed by atoms with Gasteiger partial charge in [-0.15, -0.1) is 0 Å². The van der Waals surface area contributed by atoms with Crippen molar-refractivity contribution in [2.75, 3.05) is 16.3 Å². The fourth-order valence-corrected chi connectivity index (χ4v) is 2.08. The van der Waals surface area contributed by atoms with Crippen molar-refractivity contribution in [3.05, 3.63) is 24.3 Å². The minimum Gasteiger partial charge on any atom is -0.323 e. The molecule has 1 aromatic rings. The molecule has 0 aliphatic rings. The fraction of sp³-hybridized carbons (Fsp3) is 0.417. The van der Waals surface area contributed by atoms with Crippen molar-refractivity contribution in [1.29, 1.82) is 0 Å². The summed E-state index contributed by atoms with van der Waals surface area (Å²) in [6, 6.07) is 6.65. The maximum atomic E-state index is 11.9. The molecule has 1 aromatic carbocycles. The molecule has 1 rings (SSSR count). The maximum absolute atomic E-state index is 11.9. The Labute approximate surface area is 122 Å². The quantitative estimate of drug-likeness (QED) is 0.802.